The number of benzene rings is 2. The summed E-state index contributed by atoms with van der Waals surface area (Å²) in [4.78, 5) is 12.0. The topological polar surface area (TPSA) is 62.1 Å². The molecule has 2 aromatic rings. The number of amides is 1. The molecule has 136 valence electrons. The second-order valence-electron chi connectivity index (χ2n) is 5.80. The van der Waals surface area contributed by atoms with E-state index in [4.69, 9.17) is 27.9 Å². The van der Waals surface area contributed by atoms with E-state index in [0.717, 1.165) is 11.1 Å². The van der Waals surface area contributed by atoms with Crippen molar-refractivity contribution >= 4 is 34.8 Å². The maximum absolute atomic E-state index is 12.0. The van der Waals surface area contributed by atoms with Crippen molar-refractivity contribution in [3.8, 4) is 6.07 Å². The maximum atomic E-state index is 12.0. The van der Waals surface area contributed by atoms with Gasteiger partial charge in [0.25, 0.3) is 0 Å². The minimum absolute atomic E-state index is 0.139. The first kappa shape index (κ1) is 20.3. The van der Waals surface area contributed by atoms with Gasteiger partial charge in [0.15, 0.2) is 0 Å². The fourth-order valence-electron chi connectivity index (χ4n) is 2.56. The van der Waals surface area contributed by atoms with Gasteiger partial charge in [-0.15, -0.1) is 0 Å². The molecule has 1 amide bonds. The Balaban J connectivity index is 2.23. The van der Waals surface area contributed by atoms with Gasteiger partial charge in [0, 0.05) is 22.3 Å². The molecular weight excluding hydrogens is 371 g/mol. The maximum Gasteiger partial charge on any atom is 0.226 e. The zero-order valence-electron chi connectivity index (χ0n) is 14.7. The quantitative estimate of drug-likeness (QED) is 0.650. The highest BCUT2D eigenvalue weighted by Gasteiger charge is 2.19. The molecule has 26 heavy (non-hydrogen) atoms. The molecule has 0 saturated carbocycles. The van der Waals surface area contributed by atoms with Gasteiger partial charge in [0.05, 0.1) is 25.0 Å². The van der Waals surface area contributed by atoms with Crippen molar-refractivity contribution in [2.75, 3.05) is 18.5 Å². The van der Waals surface area contributed by atoms with E-state index in [1.165, 1.54) is 0 Å². The lowest BCUT2D eigenvalue weighted by Crippen LogP contribution is -2.15. The van der Waals surface area contributed by atoms with Crippen LogP contribution in [0.3, 0.4) is 0 Å². The van der Waals surface area contributed by atoms with Crippen LogP contribution in [0.15, 0.2) is 36.4 Å². The Hall–Kier alpha value is -2.06. The number of nitrogens with zero attached hydrogens (tertiary/aromatic N) is 1. The van der Waals surface area contributed by atoms with Gasteiger partial charge < -0.3 is 10.1 Å². The molecular formula is C20H20Cl2N2O2. The molecule has 0 aliphatic heterocycles. The van der Waals surface area contributed by atoms with Gasteiger partial charge in [-0.05, 0) is 48.7 Å². The van der Waals surface area contributed by atoms with Gasteiger partial charge in [-0.2, -0.15) is 5.26 Å². The van der Waals surface area contributed by atoms with E-state index >= 15 is 0 Å². The zero-order chi connectivity index (χ0) is 19.1. The van der Waals surface area contributed by atoms with Crippen LogP contribution < -0.4 is 5.32 Å². The van der Waals surface area contributed by atoms with E-state index in [9.17, 15) is 10.1 Å². The minimum atomic E-state index is -0.513. The standard InChI is InChI=1S/C20H20Cl2N2O2/c1-3-26-9-8-20(25)24-19-11-18(22)16(10-13(19)2)17(12-23)14-4-6-15(21)7-5-14/h4-7,10-11,17H,3,8-9H2,1-2H3,(H,24,25)/t17-/m1/s1. The molecule has 2 aromatic carbocycles. The van der Waals surface area contributed by atoms with E-state index < -0.39 is 5.92 Å². The number of carbonyl (C=O) groups is 1. The zero-order valence-corrected chi connectivity index (χ0v) is 16.2. The van der Waals surface area contributed by atoms with Crippen LogP contribution in [0, 0.1) is 18.3 Å². The summed E-state index contributed by atoms with van der Waals surface area (Å²) >= 11 is 12.3. The van der Waals surface area contributed by atoms with Gasteiger partial charge in [0.1, 0.15) is 0 Å². The van der Waals surface area contributed by atoms with Crippen LogP contribution in [0.25, 0.3) is 0 Å². The van der Waals surface area contributed by atoms with E-state index in [-0.39, 0.29) is 12.3 Å². The molecule has 0 saturated heterocycles. The third kappa shape index (κ3) is 5.22. The van der Waals surface area contributed by atoms with Gasteiger partial charge in [-0.3, -0.25) is 4.79 Å². The van der Waals surface area contributed by atoms with Crippen molar-refractivity contribution in [2.24, 2.45) is 0 Å². The van der Waals surface area contributed by atoms with Gasteiger partial charge >= 0.3 is 0 Å². The molecule has 0 fully saturated rings. The second-order valence-corrected chi connectivity index (χ2v) is 6.64. The van der Waals surface area contributed by atoms with Crippen LogP contribution in [-0.2, 0) is 9.53 Å². The van der Waals surface area contributed by atoms with Crippen LogP contribution in [0.1, 0.15) is 36.0 Å². The highest BCUT2D eigenvalue weighted by Crippen LogP contribution is 2.34. The number of hydrogen-bond donors (Lipinski definition) is 1. The van der Waals surface area contributed by atoms with E-state index in [2.05, 4.69) is 11.4 Å². The molecule has 0 heterocycles. The molecule has 2 rings (SSSR count). The molecule has 0 aliphatic carbocycles. The summed E-state index contributed by atoms with van der Waals surface area (Å²) in [6, 6.07) is 12.9. The van der Waals surface area contributed by atoms with Crippen molar-refractivity contribution in [3.63, 3.8) is 0 Å². The summed E-state index contributed by atoms with van der Waals surface area (Å²) in [5.74, 6) is -0.652. The molecule has 0 aliphatic rings. The average Bonchev–Trinajstić information content (AvgIpc) is 2.61. The Labute approximate surface area is 163 Å². The molecule has 1 N–H and O–H groups in total. The average molecular weight is 391 g/mol. The summed E-state index contributed by atoms with van der Waals surface area (Å²) in [5, 5.41) is 13.5. The number of aryl methyl sites for hydroxylation is 1. The van der Waals surface area contributed by atoms with Crippen LogP contribution in [0.5, 0.6) is 0 Å². The van der Waals surface area contributed by atoms with Gasteiger partial charge in [-0.25, -0.2) is 0 Å². The normalized spacial score (nSPS) is 11.7. The summed E-state index contributed by atoms with van der Waals surface area (Å²) in [7, 11) is 0. The molecule has 0 bridgehead atoms. The van der Waals surface area contributed by atoms with Crippen molar-refractivity contribution < 1.29 is 9.53 Å². The van der Waals surface area contributed by atoms with Crippen LogP contribution in [0.2, 0.25) is 10.0 Å². The second kappa shape index (κ2) is 9.59. The van der Waals surface area contributed by atoms with E-state index in [1.54, 1.807) is 18.2 Å². The Morgan fingerprint density at radius 2 is 1.96 bits per heavy atom. The number of nitriles is 1. The highest BCUT2D eigenvalue weighted by atomic mass is 35.5. The fourth-order valence-corrected chi connectivity index (χ4v) is 2.96. The Morgan fingerprint density at radius 3 is 2.58 bits per heavy atom. The van der Waals surface area contributed by atoms with Crippen molar-refractivity contribution in [1.29, 1.82) is 5.26 Å². The summed E-state index contributed by atoms with van der Waals surface area (Å²) < 4.78 is 5.19. The number of nitrogens with one attached hydrogen (secondary N) is 1. The number of rotatable bonds is 7. The van der Waals surface area contributed by atoms with Crippen LogP contribution in [-0.4, -0.2) is 19.1 Å². The molecule has 1 atom stereocenters. The fraction of sp³-hybridized carbons (Fsp3) is 0.300. The van der Waals surface area contributed by atoms with Crippen molar-refractivity contribution in [2.45, 2.75) is 26.2 Å². The predicted octanol–water partition coefficient (Wildman–Crippen LogP) is 5.32. The van der Waals surface area contributed by atoms with Crippen molar-refractivity contribution in [1.82, 2.24) is 0 Å². The summed E-state index contributed by atoms with van der Waals surface area (Å²) in [6.07, 6.45) is 0.276. The molecule has 0 spiro atoms. The first-order valence-electron chi connectivity index (χ1n) is 8.29. The highest BCUT2D eigenvalue weighted by molar-refractivity contribution is 6.32. The SMILES string of the molecule is CCOCCC(=O)Nc1cc(Cl)c([C@H](C#N)c2ccc(Cl)cc2)cc1C. The number of hydrogen-bond acceptors (Lipinski definition) is 3. The third-order valence-electron chi connectivity index (χ3n) is 3.94. The van der Waals surface area contributed by atoms with Crippen LogP contribution >= 0.6 is 23.2 Å². The summed E-state index contributed by atoms with van der Waals surface area (Å²) in [6.45, 7) is 4.70. The molecule has 4 nitrogen and oxygen atoms in total. The lowest BCUT2D eigenvalue weighted by Gasteiger charge is -2.16. The van der Waals surface area contributed by atoms with E-state index in [1.807, 2.05) is 32.0 Å². The van der Waals surface area contributed by atoms with Crippen LogP contribution in [0.4, 0.5) is 5.69 Å². The number of anilines is 1. The van der Waals surface area contributed by atoms with Gasteiger partial charge in [-0.1, -0.05) is 41.4 Å². The molecule has 6 heteroatoms. The third-order valence-corrected chi connectivity index (χ3v) is 4.52. The molecule has 0 aromatic heterocycles. The monoisotopic (exact) mass is 390 g/mol. The first-order valence-corrected chi connectivity index (χ1v) is 9.04. The molecule has 0 radical (unpaired) electrons. The largest absolute Gasteiger partial charge is 0.381 e. The minimum Gasteiger partial charge on any atom is -0.381 e. The Kier molecular flexibility index (Phi) is 7.47. The first-order chi connectivity index (χ1) is 12.5. The number of ether oxygens (including phenoxy) is 1. The number of halogens is 2. The van der Waals surface area contributed by atoms with Crippen molar-refractivity contribution in [3.05, 3.63) is 63.1 Å². The lowest BCUT2D eigenvalue weighted by molar-refractivity contribution is -0.117. The Morgan fingerprint density at radius 1 is 1.27 bits per heavy atom. The smallest absolute Gasteiger partial charge is 0.226 e. The van der Waals surface area contributed by atoms with E-state index in [0.29, 0.717) is 34.5 Å². The summed E-state index contributed by atoms with van der Waals surface area (Å²) in [5.41, 5.74) is 2.98. The van der Waals surface area contributed by atoms with Gasteiger partial charge in [0.2, 0.25) is 5.91 Å². The number of carbonyl (C=O) groups excluding carboxylic acids is 1. The Bertz CT molecular complexity index is 814. The predicted molar refractivity (Wildman–Crippen MR) is 105 cm³/mol. The molecule has 0 unspecified atom stereocenters. The lowest BCUT2D eigenvalue weighted by atomic mass is 9.91.